The highest BCUT2D eigenvalue weighted by molar-refractivity contribution is 6.31. The largest absolute Gasteiger partial charge is 0.385 e. The zero-order chi connectivity index (χ0) is 15.2. The van der Waals surface area contributed by atoms with Gasteiger partial charge in [-0.25, -0.2) is 0 Å². The zero-order valence-electron chi connectivity index (χ0n) is 12.7. The number of carbonyl (C=O) groups is 1. The lowest BCUT2D eigenvalue weighted by Gasteiger charge is -2.25. The molecule has 0 aromatic heterocycles. The van der Waals surface area contributed by atoms with Crippen LogP contribution in [0.2, 0.25) is 5.02 Å². The van der Waals surface area contributed by atoms with E-state index in [1.165, 1.54) is 0 Å². The smallest absolute Gasteiger partial charge is 0.256 e. The Bertz CT molecular complexity index is 487. The van der Waals surface area contributed by atoms with Crippen molar-refractivity contribution < 1.29 is 9.53 Å². The lowest BCUT2D eigenvalue weighted by Crippen LogP contribution is -2.37. The highest BCUT2D eigenvalue weighted by atomic mass is 35.5. The third kappa shape index (κ3) is 4.11. The van der Waals surface area contributed by atoms with E-state index >= 15 is 0 Å². The Kier molecular flexibility index (Phi) is 5.88. The van der Waals surface area contributed by atoms with Crippen LogP contribution in [0.1, 0.15) is 37.0 Å². The van der Waals surface area contributed by atoms with Gasteiger partial charge in [0, 0.05) is 37.0 Å². The Hall–Kier alpha value is -1.26. The van der Waals surface area contributed by atoms with E-state index in [0.717, 1.165) is 31.7 Å². The minimum Gasteiger partial charge on any atom is -0.385 e. The van der Waals surface area contributed by atoms with Crippen molar-refractivity contribution in [1.29, 1.82) is 0 Å². The fourth-order valence-corrected chi connectivity index (χ4v) is 2.77. The maximum atomic E-state index is 12.8. The van der Waals surface area contributed by atoms with Crippen LogP contribution < -0.4 is 5.32 Å². The van der Waals surface area contributed by atoms with Gasteiger partial charge in [-0.15, -0.1) is 0 Å². The van der Waals surface area contributed by atoms with Gasteiger partial charge in [-0.2, -0.15) is 0 Å². The number of ether oxygens (including phenoxy) is 1. The molecule has 0 spiro atoms. The molecular weight excluding hydrogens is 288 g/mol. The van der Waals surface area contributed by atoms with E-state index in [4.69, 9.17) is 16.3 Å². The zero-order valence-corrected chi connectivity index (χ0v) is 13.4. The molecule has 0 saturated carbocycles. The predicted molar refractivity (Wildman–Crippen MR) is 86.2 cm³/mol. The van der Waals surface area contributed by atoms with Crippen molar-refractivity contribution in [3.63, 3.8) is 0 Å². The average Bonchev–Trinajstić information content (AvgIpc) is 2.99. The molecule has 5 heteroatoms. The van der Waals surface area contributed by atoms with Gasteiger partial charge >= 0.3 is 0 Å². The molecule has 1 saturated heterocycles. The first-order chi connectivity index (χ1) is 10.2. The molecule has 1 aromatic carbocycles. The summed E-state index contributed by atoms with van der Waals surface area (Å²) in [6, 6.07) is 5.39. The second kappa shape index (κ2) is 7.66. The Morgan fingerprint density at radius 1 is 1.48 bits per heavy atom. The molecule has 1 atom stereocenters. The molecule has 21 heavy (non-hydrogen) atoms. The van der Waals surface area contributed by atoms with Gasteiger partial charge in [-0.05, 0) is 44.9 Å². The molecule has 116 valence electrons. The van der Waals surface area contributed by atoms with E-state index in [9.17, 15) is 4.79 Å². The monoisotopic (exact) mass is 310 g/mol. The van der Waals surface area contributed by atoms with Crippen molar-refractivity contribution in [2.75, 3.05) is 31.6 Å². The number of rotatable bonds is 6. The molecule has 1 N–H and O–H groups in total. The first-order valence-electron chi connectivity index (χ1n) is 7.60. The van der Waals surface area contributed by atoms with E-state index < -0.39 is 0 Å². The van der Waals surface area contributed by atoms with E-state index in [-0.39, 0.29) is 12.0 Å². The number of likely N-dealkylation sites (N-methyl/N-ethyl adjacent to an activating group) is 1. The van der Waals surface area contributed by atoms with Crippen LogP contribution in [0.4, 0.5) is 5.69 Å². The number of hydrogen-bond acceptors (Lipinski definition) is 3. The highest BCUT2D eigenvalue weighted by Crippen LogP contribution is 2.23. The average molecular weight is 311 g/mol. The maximum absolute atomic E-state index is 12.8. The number of nitrogens with one attached hydrogen (secondary N) is 1. The van der Waals surface area contributed by atoms with Crippen LogP contribution in [0.25, 0.3) is 0 Å². The molecular formula is C16H23ClN2O2. The number of benzene rings is 1. The van der Waals surface area contributed by atoms with Crippen LogP contribution in [0.5, 0.6) is 0 Å². The van der Waals surface area contributed by atoms with Gasteiger partial charge in [-0.3, -0.25) is 4.79 Å². The van der Waals surface area contributed by atoms with Crippen LogP contribution in [0, 0.1) is 0 Å². The number of nitrogens with zero attached hydrogens (tertiary/aromatic N) is 1. The predicted octanol–water partition coefficient (Wildman–Crippen LogP) is 3.41. The quantitative estimate of drug-likeness (QED) is 0.875. The Morgan fingerprint density at radius 2 is 2.29 bits per heavy atom. The summed E-state index contributed by atoms with van der Waals surface area (Å²) in [5.41, 5.74) is 1.46. The number of anilines is 1. The van der Waals surface area contributed by atoms with Crippen molar-refractivity contribution in [2.24, 2.45) is 0 Å². The topological polar surface area (TPSA) is 41.6 Å². The Balaban J connectivity index is 2.17. The second-order valence-electron chi connectivity index (χ2n) is 5.20. The van der Waals surface area contributed by atoms with Gasteiger partial charge in [0.2, 0.25) is 0 Å². The first-order valence-corrected chi connectivity index (χ1v) is 7.97. The molecule has 1 heterocycles. The molecule has 4 nitrogen and oxygen atoms in total. The van der Waals surface area contributed by atoms with E-state index in [2.05, 4.69) is 5.32 Å². The molecule has 1 aromatic rings. The molecule has 1 aliphatic rings. The Labute approximate surface area is 131 Å². The third-order valence-corrected chi connectivity index (χ3v) is 3.93. The van der Waals surface area contributed by atoms with E-state index in [1.807, 2.05) is 24.8 Å². The normalized spacial score (nSPS) is 17.8. The van der Waals surface area contributed by atoms with Crippen molar-refractivity contribution in [3.8, 4) is 0 Å². The molecule has 0 radical (unpaired) electrons. The van der Waals surface area contributed by atoms with Gasteiger partial charge < -0.3 is 15.0 Å². The standard InChI is InChI=1S/C16H23ClN2O2/c1-3-18-15-8-7-12(17)10-14(15)16(20)19(4-2)11-13-6-5-9-21-13/h7-8,10,13,18H,3-6,9,11H2,1-2H3. The van der Waals surface area contributed by atoms with Gasteiger partial charge in [0.05, 0.1) is 11.7 Å². The fraction of sp³-hybridized carbons (Fsp3) is 0.562. The lowest BCUT2D eigenvalue weighted by molar-refractivity contribution is 0.0540. The van der Waals surface area contributed by atoms with Gasteiger partial charge in [0.25, 0.3) is 5.91 Å². The molecule has 1 fully saturated rings. The summed E-state index contributed by atoms with van der Waals surface area (Å²) in [4.78, 5) is 14.6. The number of carbonyl (C=O) groups excluding carboxylic acids is 1. The number of amides is 1. The molecule has 1 unspecified atom stereocenters. The van der Waals surface area contributed by atoms with Crippen LogP contribution in [0.3, 0.4) is 0 Å². The maximum Gasteiger partial charge on any atom is 0.256 e. The second-order valence-corrected chi connectivity index (χ2v) is 5.64. The summed E-state index contributed by atoms with van der Waals surface area (Å²) in [7, 11) is 0. The molecule has 1 aliphatic heterocycles. The van der Waals surface area contributed by atoms with Crippen LogP contribution in [-0.2, 0) is 4.74 Å². The molecule has 0 aliphatic carbocycles. The minimum absolute atomic E-state index is 0.00597. The summed E-state index contributed by atoms with van der Waals surface area (Å²) in [6.07, 6.45) is 2.27. The summed E-state index contributed by atoms with van der Waals surface area (Å²) >= 11 is 6.06. The van der Waals surface area contributed by atoms with Crippen molar-refractivity contribution in [2.45, 2.75) is 32.8 Å². The van der Waals surface area contributed by atoms with Crippen LogP contribution in [-0.4, -0.2) is 43.2 Å². The fourth-order valence-electron chi connectivity index (χ4n) is 2.60. The summed E-state index contributed by atoms with van der Waals surface area (Å²) in [5.74, 6) is 0.00597. The number of hydrogen-bond donors (Lipinski definition) is 1. The van der Waals surface area contributed by atoms with E-state index in [0.29, 0.717) is 23.7 Å². The molecule has 0 bridgehead atoms. The third-order valence-electron chi connectivity index (χ3n) is 3.70. The van der Waals surface area contributed by atoms with Gasteiger partial charge in [-0.1, -0.05) is 11.6 Å². The SMILES string of the molecule is CCNc1ccc(Cl)cc1C(=O)N(CC)CC1CCCO1. The number of halogens is 1. The van der Waals surface area contributed by atoms with Crippen molar-refractivity contribution in [1.82, 2.24) is 4.90 Å². The van der Waals surface area contributed by atoms with E-state index in [1.54, 1.807) is 12.1 Å². The van der Waals surface area contributed by atoms with Gasteiger partial charge in [0.15, 0.2) is 0 Å². The lowest BCUT2D eigenvalue weighted by atomic mass is 10.1. The summed E-state index contributed by atoms with van der Waals surface area (Å²) in [5, 5.41) is 3.80. The van der Waals surface area contributed by atoms with Crippen LogP contribution in [0.15, 0.2) is 18.2 Å². The van der Waals surface area contributed by atoms with Crippen molar-refractivity contribution >= 4 is 23.2 Å². The first kappa shape index (κ1) is 16.1. The van der Waals surface area contributed by atoms with Gasteiger partial charge in [0.1, 0.15) is 0 Å². The van der Waals surface area contributed by atoms with Crippen molar-refractivity contribution in [3.05, 3.63) is 28.8 Å². The highest BCUT2D eigenvalue weighted by Gasteiger charge is 2.24. The van der Waals surface area contributed by atoms with Crippen LogP contribution >= 0.6 is 11.6 Å². The summed E-state index contributed by atoms with van der Waals surface area (Å²) in [6.45, 7) is 6.87. The minimum atomic E-state index is 0.00597. The molecule has 2 rings (SSSR count). The summed E-state index contributed by atoms with van der Waals surface area (Å²) < 4.78 is 5.64. The molecule has 1 amide bonds. The Morgan fingerprint density at radius 3 is 2.90 bits per heavy atom.